The zero-order chi connectivity index (χ0) is 8.27. The van der Waals surface area contributed by atoms with E-state index in [0.29, 0.717) is 6.61 Å². The van der Waals surface area contributed by atoms with Gasteiger partial charge in [0.2, 0.25) is 0 Å². The molecule has 0 aromatic carbocycles. The van der Waals surface area contributed by atoms with Crippen molar-refractivity contribution < 1.29 is 9.47 Å². The topological polar surface area (TPSA) is 18.5 Å². The van der Waals surface area contributed by atoms with Gasteiger partial charge in [-0.1, -0.05) is 0 Å². The lowest BCUT2D eigenvalue weighted by Crippen LogP contribution is -2.21. The van der Waals surface area contributed by atoms with Crippen molar-refractivity contribution in [3.8, 4) is 12.3 Å². The van der Waals surface area contributed by atoms with E-state index in [-0.39, 0.29) is 18.0 Å². The zero-order valence-corrected chi connectivity index (χ0v) is 7.04. The van der Waals surface area contributed by atoms with Crippen LogP contribution >= 0.6 is 0 Å². The Kier molecular flexibility index (Phi) is 2.98. The molecule has 1 aliphatic heterocycles. The van der Waals surface area contributed by atoms with Gasteiger partial charge >= 0.3 is 0 Å². The van der Waals surface area contributed by atoms with Gasteiger partial charge in [0.05, 0.1) is 18.6 Å². The molecule has 0 aromatic heterocycles. The molecular formula is C8H13BO2. The third kappa shape index (κ3) is 1.98. The first-order valence-corrected chi connectivity index (χ1v) is 3.88. The van der Waals surface area contributed by atoms with Gasteiger partial charge in [0, 0.05) is 13.1 Å². The quantitative estimate of drug-likeness (QED) is 0.397. The molecule has 3 atom stereocenters. The molecule has 60 valence electrons. The summed E-state index contributed by atoms with van der Waals surface area (Å²) in [6.45, 7) is 0.610. The Morgan fingerprint density at radius 3 is 3.09 bits per heavy atom. The number of hydrogen-bond donors (Lipinski definition) is 0. The van der Waals surface area contributed by atoms with Gasteiger partial charge in [0.1, 0.15) is 7.85 Å². The second-order valence-corrected chi connectivity index (χ2v) is 2.95. The molecule has 11 heavy (non-hydrogen) atoms. The van der Waals surface area contributed by atoms with Crippen LogP contribution < -0.4 is 0 Å². The summed E-state index contributed by atoms with van der Waals surface area (Å²) in [5.74, 6) is 2.96. The number of methoxy groups -OCH3 is 1. The van der Waals surface area contributed by atoms with E-state index < -0.39 is 0 Å². The van der Waals surface area contributed by atoms with Gasteiger partial charge < -0.3 is 9.47 Å². The summed E-state index contributed by atoms with van der Waals surface area (Å²) in [4.78, 5) is 0. The molecule has 3 heteroatoms. The third-order valence-electron chi connectivity index (χ3n) is 1.99. The SMILES string of the molecule is B[C@H]1CC(C#C)[C@@H](COC)O1. The van der Waals surface area contributed by atoms with Crippen LogP contribution in [0.4, 0.5) is 0 Å². The Hall–Kier alpha value is -0.455. The van der Waals surface area contributed by atoms with Crippen LogP contribution in [0.2, 0.25) is 0 Å². The molecule has 1 unspecified atom stereocenters. The molecule has 0 bridgehead atoms. The summed E-state index contributed by atoms with van der Waals surface area (Å²) in [6.07, 6.45) is 6.41. The molecule has 0 radical (unpaired) electrons. The first kappa shape index (κ1) is 8.64. The van der Waals surface area contributed by atoms with Gasteiger partial charge in [-0.25, -0.2) is 0 Å². The molecule has 1 rings (SSSR count). The van der Waals surface area contributed by atoms with Crippen molar-refractivity contribution in [3.05, 3.63) is 0 Å². The molecule has 0 amide bonds. The largest absolute Gasteiger partial charge is 0.382 e. The normalized spacial score (nSPS) is 36.9. The van der Waals surface area contributed by atoms with Crippen LogP contribution in [-0.2, 0) is 9.47 Å². The summed E-state index contributed by atoms with van der Waals surface area (Å²) in [5, 5.41) is 0. The second-order valence-electron chi connectivity index (χ2n) is 2.95. The predicted octanol–water partition coefficient (Wildman–Crippen LogP) is -0.370. The highest BCUT2D eigenvalue weighted by molar-refractivity contribution is 6.11. The first-order valence-electron chi connectivity index (χ1n) is 3.88. The van der Waals surface area contributed by atoms with E-state index >= 15 is 0 Å². The standard InChI is InChI=1S/C8H13BO2/c1-3-6-4-8(9)11-7(6)5-10-2/h1,6-8H,4-5,9H2,2H3/t6?,7-,8-/m1/s1. The van der Waals surface area contributed by atoms with Crippen LogP contribution in [0.15, 0.2) is 0 Å². The van der Waals surface area contributed by atoms with E-state index in [4.69, 9.17) is 15.9 Å². The molecular weight excluding hydrogens is 139 g/mol. The van der Waals surface area contributed by atoms with E-state index in [2.05, 4.69) is 5.92 Å². The average Bonchev–Trinajstić information content (AvgIpc) is 2.32. The van der Waals surface area contributed by atoms with Crippen LogP contribution in [0.3, 0.4) is 0 Å². The molecule has 0 aliphatic carbocycles. The van der Waals surface area contributed by atoms with Crippen LogP contribution in [0.25, 0.3) is 0 Å². The number of terminal acetylenes is 1. The number of hydrogen-bond acceptors (Lipinski definition) is 2. The molecule has 0 saturated carbocycles. The molecule has 1 saturated heterocycles. The third-order valence-corrected chi connectivity index (χ3v) is 1.99. The van der Waals surface area contributed by atoms with Gasteiger partial charge in [-0.2, -0.15) is 0 Å². The van der Waals surface area contributed by atoms with Crippen molar-refractivity contribution in [2.45, 2.75) is 18.5 Å². The lowest BCUT2D eigenvalue weighted by molar-refractivity contribution is 0.0168. The fourth-order valence-corrected chi connectivity index (χ4v) is 1.45. The van der Waals surface area contributed by atoms with Crippen LogP contribution in [0.5, 0.6) is 0 Å². The Balaban J connectivity index is 2.45. The van der Waals surface area contributed by atoms with Crippen molar-refractivity contribution in [2.24, 2.45) is 5.92 Å². The fourth-order valence-electron chi connectivity index (χ4n) is 1.45. The molecule has 0 spiro atoms. The minimum absolute atomic E-state index is 0.111. The van der Waals surface area contributed by atoms with Gasteiger partial charge in [-0.15, -0.1) is 12.3 Å². The highest BCUT2D eigenvalue weighted by Crippen LogP contribution is 2.24. The second kappa shape index (κ2) is 3.80. The minimum atomic E-state index is 0.111. The molecule has 0 N–H and O–H groups in total. The molecule has 1 aliphatic rings. The van der Waals surface area contributed by atoms with Gasteiger partial charge in [-0.3, -0.25) is 0 Å². The Morgan fingerprint density at radius 1 is 1.82 bits per heavy atom. The lowest BCUT2D eigenvalue weighted by atomic mass is 9.91. The lowest BCUT2D eigenvalue weighted by Gasteiger charge is -2.12. The Morgan fingerprint density at radius 2 is 2.55 bits per heavy atom. The van der Waals surface area contributed by atoms with E-state index in [1.807, 2.05) is 7.85 Å². The summed E-state index contributed by atoms with van der Waals surface area (Å²) in [5.41, 5.74) is 0. The monoisotopic (exact) mass is 152 g/mol. The van der Waals surface area contributed by atoms with Gasteiger partial charge in [0.15, 0.2) is 0 Å². The first-order chi connectivity index (χ1) is 5.27. The summed E-state index contributed by atoms with van der Waals surface area (Å²) in [7, 11) is 3.71. The van der Waals surface area contributed by atoms with Crippen molar-refractivity contribution in [1.29, 1.82) is 0 Å². The molecule has 1 fully saturated rings. The van der Waals surface area contributed by atoms with Crippen LogP contribution in [-0.4, -0.2) is 33.7 Å². The zero-order valence-electron chi connectivity index (χ0n) is 7.04. The maximum Gasteiger partial charge on any atom is 0.139 e. The van der Waals surface area contributed by atoms with Crippen LogP contribution in [0, 0.1) is 18.3 Å². The predicted molar refractivity (Wildman–Crippen MR) is 46.0 cm³/mol. The summed E-state index contributed by atoms with van der Waals surface area (Å²) in [6, 6.07) is 0.288. The minimum Gasteiger partial charge on any atom is -0.382 e. The molecule has 2 nitrogen and oxygen atoms in total. The Bertz CT molecular complexity index is 164. The van der Waals surface area contributed by atoms with Crippen molar-refractivity contribution in [2.75, 3.05) is 13.7 Å². The molecule has 0 aromatic rings. The summed E-state index contributed by atoms with van der Waals surface area (Å²) >= 11 is 0. The highest BCUT2D eigenvalue weighted by Gasteiger charge is 2.30. The van der Waals surface area contributed by atoms with E-state index in [1.54, 1.807) is 7.11 Å². The number of rotatable bonds is 2. The maximum atomic E-state index is 5.54. The average molecular weight is 152 g/mol. The fraction of sp³-hybridized carbons (Fsp3) is 0.750. The van der Waals surface area contributed by atoms with Crippen molar-refractivity contribution in [1.82, 2.24) is 0 Å². The van der Waals surface area contributed by atoms with E-state index in [9.17, 15) is 0 Å². The summed E-state index contributed by atoms with van der Waals surface area (Å²) < 4.78 is 10.5. The maximum absolute atomic E-state index is 5.54. The van der Waals surface area contributed by atoms with Gasteiger partial charge in [-0.05, 0) is 6.42 Å². The van der Waals surface area contributed by atoms with Crippen LogP contribution in [0.1, 0.15) is 6.42 Å². The van der Waals surface area contributed by atoms with E-state index in [0.717, 1.165) is 6.42 Å². The van der Waals surface area contributed by atoms with Gasteiger partial charge in [0.25, 0.3) is 0 Å². The number of ether oxygens (including phenoxy) is 2. The Labute approximate surface area is 68.7 Å². The van der Waals surface area contributed by atoms with Crippen molar-refractivity contribution in [3.63, 3.8) is 0 Å². The smallest absolute Gasteiger partial charge is 0.139 e. The van der Waals surface area contributed by atoms with E-state index in [1.165, 1.54) is 0 Å². The highest BCUT2D eigenvalue weighted by atomic mass is 16.5. The van der Waals surface area contributed by atoms with Crippen molar-refractivity contribution >= 4 is 7.85 Å². The molecule has 1 heterocycles.